The van der Waals surface area contributed by atoms with Crippen LogP contribution in [0.2, 0.25) is 0 Å². The summed E-state index contributed by atoms with van der Waals surface area (Å²) in [6, 6.07) is 5.45. The van der Waals surface area contributed by atoms with Gasteiger partial charge in [-0.15, -0.1) is 0 Å². The second-order valence-electron chi connectivity index (χ2n) is 4.71. The number of H-pyrrole nitrogens is 1. The van der Waals surface area contributed by atoms with Crippen molar-refractivity contribution in [2.45, 2.75) is 19.8 Å². The molecule has 6 heteroatoms. The molecule has 1 aromatic heterocycles. The number of aromatic nitrogens is 2. The fourth-order valence-electron chi connectivity index (χ4n) is 1.86. The number of nitrogens with zero attached hydrogens (tertiary/aromatic N) is 1. The molecule has 0 aliphatic rings. The van der Waals surface area contributed by atoms with Gasteiger partial charge in [-0.1, -0.05) is 13.8 Å². The van der Waals surface area contributed by atoms with Gasteiger partial charge in [-0.3, -0.25) is 5.10 Å². The van der Waals surface area contributed by atoms with Crippen LogP contribution < -0.4 is 4.74 Å². The lowest BCUT2D eigenvalue weighted by Crippen LogP contribution is -1.95. The number of aromatic carboxylic acids is 1. The van der Waals surface area contributed by atoms with Gasteiger partial charge in [-0.25, -0.2) is 4.79 Å². The molecule has 0 bridgehead atoms. The molecule has 0 aliphatic carbocycles. The van der Waals surface area contributed by atoms with Crippen molar-refractivity contribution in [2.24, 2.45) is 0 Å². The average molecular weight is 339 g/mol. The van der Waals surface area contributed by atoms with Crippen LogP contribution in [-0.2, 0) is 0 Å². The molecule has 0 radical (unpaired) electrons. The van der Waals surface area contributed by atoms with Crippen LogP contribution in [0.3, 0.4) is 0 Å². The minimum atomic E-state index is -1.04. The number of aromatic amines is 1. The summed E-state index contributed by atoms with van der Waals surface area (Å²) in [5.74, 6) is -0.00781. The lowest BCUT2D eigenvalue weighted by atomic mass is 9.99. The fraction of sp³-hybridized carbons (Fsp3) is 0.286. The van der Waals surface area contributed by atoms with Crippen LogP contribution in [0.15, 0.2) is 22.7 Å². The molecule has 20 heavy (non-hydrogen) atoms. The molecule has 0 spiro atoms. The predicted octanol–water partition coefficient (Wildman–Crippen LogP) is 3.67. The highest BCUT2D eigenvalue weighted by Gasteiger charge is 2.16. The Hall–Kier alpha value is -1.82. The second-order valence-corrected chi connectivity index (χ2v) is 5.50. The molecular weight excluding hydrogens is 324 g/mol. The molecule has 5 nitrogen and oxygen atoms in total. The third-order valence-electron chi connectivity index (χ3n) is 3.03. The highest BCUT2D eigenvalue weighted by molar-refractivity contribution is 9.10. The normalized spacial score (nSPS) is 10.8. The fourth-order valence-corrected chi connectivity index (χ4v) is 2.45. The average Bonchev–Trinajstić information content (AvgIpc) is 2.88. The largest absolute Gasteiger partial charge is 0.496 e. The molecule has 0 saturated carbocycles. The van der Waals surface area contributed by atoms with Crippen LogP contribution in [0.5, 0.6) is 5.75 Å². The van der Waals surface area contributed by atoms with E-state index in [0.29, 0.717) is 17.4 Å². The number of rotatable bonds is 4. The maximum atomic E-state index is 10.9. The molecule has 0 aliphatic heterocycles. The first-order valence-corrected chi connectivity index (χ1v) is 6.89. The monoisotopic (exact) mass is 338 g/mol. The van der Waals surface area contributed by atoms with Crippen molar-refractivity contribution in [3.63, 3.8) is 0 Å². The van der Waals surface area contributed by atoms with Crippen LogP contribution in [0, 0.1) is 0 Å². The van der Waals surface area contributed by atoms with Crippen molar-refractivity contribution in [2.75, 3.05) is 7.11 Å². The number of carboxylic acids is 1. The number of halogens is 1. The topological polar surface area (TPSA) is 75.2 Å². The van der Waals surface area contributed by atoms with E-state index >= 15 is 0 Å². The van der Waals surface area contributed by atoms with Crippen molar-refractivity contribution in [1.82, 2.24) is 10.2 Å². The summed E-state index contributed by atoms with van der Waals surface area (Å²) < 4.78 is 6.11. The number of carboxylic acid groups (broad SMARTS) is 1. The van der Waals surface area contributed by atoms with Gasteiger partial charge in [0, 0.05) is 5.56 Å². The van der Waals surface area contributed by atoms with Crippen molar-refractivity contribution < 1.29 is 14.6 Å². The molecule has 0 unspecified atom stereocenters. The number of benzene rings is 1. The summed E-state index contributed by atoms with van der Waals surface area (Å²) in [6.07, 6.45) is 0. The molecule has 0 amide bonds. The molecule has 2 aromatic rings. The van der Waals surface area contributed by atoms with E-state index in [1.807, 2.05) is 12.1 Å². The second kappa shape index (κ2) is 5.66. The summed E-state index contributed by atoms with van der Waals surface area (Å²) in [7, 11) is 1.60. The van der Waals surface area contributed by atoms with Crippen LogP contribution in [0.4, 0.5) is 0 Å². The van der Waals surface area contributed by atoms with Gasteiger partial charge in [0.15, 0.2) is 0 Å². The number of hydrogen-bond acceptors (Lipinski definition) is 3. The van der Waals surface area contributed by atoms with Gasteiger partial charge >= 0.3 is 5.97 Å². The Bertz CT molecular complexity index is 650. The molecule has 0 saturated heterocycles. The van der Waals surface area contributed by atoms with E-state index in [-0.39, 0.29) is 5.69 Å². The maximum absolute atomic E-state index is 10.9. The number of carbonyl (C=O) groups is 1. The van der Waals surface area contributed by atoms with Crippen LogP contribution in [-0.4, -0.2) is 28.4 Å². The van der Waals surface area contributed by atoms with Crippen LogP contribution in [0.25, 0.3) is 11.3 Å². The zero-order valence-corrected chi connectivity index (χ0v) is 13.0. The zero-order valence-electron chi connectivity index (χ0n) is 11.4. The van der Waals surface area contributed by atoms with E-state index < -0.39 is 5.97 Å². The van der Waals surface area contributed by atoms with Crippen molar-refractivity contribution in [3.8, 4) is 17.0 Å². The zero-order chi connectivity index (χ0) is 14.9. The molecule has 0 fully saturated rings. The van der Waals surface area contributed by atoms with Gasteiger partial charge in [-0.2, -0.15) is 5.10 Å². The Morgan fingerprint density at radius 3 is 2.60 bits per heavy atom. The lowest BCUT2D eigenvalue weighted by Gasteiger charge is -2.13. The minimum Gasteiger partial charge on any atom is -0.496 e. The Morgan fingerprint density at radius 1 is 1.40 bits per heavy atom. The van der Waals surface area contributed by atoms with E-state index in [4.69, 9.17) is 9.84 Å². The number of nitrogens with one attached hydrogen (secondary N) is 1. The third kappa shape index (κ3) is 2.70. The van der Waals surface area contributed by atoms with Gasteiger partial charge in [0.1, 0.15) is 11.4 Å². The molecule has 1 aromatic carbocycles. The Kier molecular flexibility index (Phi) is 4.13. The van der Waals surface area contributed by atoms with Gasteiger partial charge in [0.2, 0.25) is 0 Å². The SMILES string of the molecule is COc1cc(C(C)C)cc(-c2cc(C(=O)O)[nH]n2)c1Br. The molecule has 0 atom stereocenters. The predicted molar refractivity (Wildman–Crippen MR) is 79.3 cm³/mol. The first-order valence-electron chi connectivity index (χ1n) is 6.10. The van der Waals surface area contributed by atoms with E-state index in [0.717, 1.165) is 15.6 Å². The summed E-state index contributed by atoms with van der Waals surface area (Å²) in [6.45, 7) is 4.17. The van der Waals surface area contributed by atoms with Crippen molar-refractivity contribution in [3.05, 3.63) is 33.9 Å². The van der Waals surface area contributed by atoms with Gasteiger partial charge in [0.25, 0.3) is 0 Å². The Labute approximate surface area is 125 Å². The first kappa shape index (κ1) is 14.6. The van der Waals surface area contributed by atoms with Gasteiger partial charge in [-0.05, 0) is 45.6 Å². The third-order valence-corrected chi connectivity index (χ3v) is 3.85. The molecule has 1 heterocycles. The lowest BCUT2D eigenvalue weighted by molar-refractivity contribution is 0.0690. The van der Waals surface area contributed by atoms with Crippen molar-refractivity contribution in [1.29, 1.82) is 0 Å². The Balaban J connectivity index is 2.59. The minimum absolute atomic E-state index is 0.0563. The quantitative estimate of drug-likeness (QED) is 0.891. The van der Waals surface area contributed by atoms with E-state index in [9.17, 15) is 4.79 Å². The summed E-state index contributed by atoms with van der Waals surface area (Å²) in [5, 5.41) is 15.5. The van der Waals surface area contributed by atoms with Crippen LogP contribution >= 0.6 is 15.9 Å². The molecule has 2 N–H and O–H groups in total. The molecular formula is C14H15BrN2O3. The summed E-state index contributed by atoms with van der Waals surface area (Å²) >= 11 is 3.48. The Morgan fingerprint density at radius 2 is 2.10 bits per heavy atom. The molecule has 2 rings (SSSR count). The molecule has 106 valence electrons. The highest BCUT2D eigenvalue weighted by Crippen LogP contribution is 2.38. The standard InChI is InChI=1S/C14H15BrN2O3/c1-7(2)8-4-9(13(15)12(5-8)20-3)10-6-11(14(18)19)17-16-10/h4-7H,1-3H3,(H,16,17)(H,18,19). The smallest absolute Gasteiger partial charge is 0.353 e. The van der Waals surface area contributed by atoms with E-state index in [2.05, 4.69) is 40.0 Å². The summed E-state index contributed by atoms with van der Waals surface area (Å²) in [5.41, 5.74) is 2.52. The maximum Gasteiger partial charge on any atom is 0.353 e. The summed E-state index contributed by atoms with van der Waals surface area (Å²) in [4.78, 5) is 10.9. The van der Waals surface area contributed by atoms with Gasteiger partial charge < -0.3 is 9.84 Å². The number of hydrogen-bond donors (Lipinski definition) is 2. The first-order chi connectivity index (χ1) is 9.43. The highest BCUT2D eigenvalue weighted by atomic mass is 79.9. The number of methoxy groups -OCH3 is 1. The van der Waals surface area contributed by atoms with Crippen LogP contribution in [0.1, 0.15) is 35.8 Å². The van der Waals surface area contributed by atoms with E-state index in [1.54, 1.807) is 7.11 Å². The van der Waals surface area contributed by atoms with Crippen molar-refractivity contribution >= 4 is 21.9 Å². The van der Waals surface area contributed by atoms with E-state index in [1.165, 1.54) is 6.07 Å². The van der Waals surface area contributed by atoms with Gasteiger partial charge in [0.05, 0.1) is 17.3 Å². The number of ether oxygens (including phenoxy) is 1.